The highest BCUT2D eigenvalue weighted by atomic mass is 35.5. The zero-order valence-corrected chi connectivity index (χ0v) is 18.2. The summed E-state index contributed by atoms with van der Waals surface area (Å²) in [5, 5.41) is 1.20. The standard InChI is InChI=1S/C24H22Cl2OS/c1-4-15(2)16(3)24(27)23(17-8-6-5-7-9-17)22-11-10-21(28-22)18-12-19(25)14-20(26)13-18/h5-14,16,23H,2,4H2,1,3H3. The number of hydrogen-bond acceptors (Lipinski definition) is 2. The number of carbonyl (C=O) groups is 1. The number of rotatable bonds is 7. The number of Topliss-reactive ketones (excluding diaryl/α,β-unsaturated/α-hetero) is 1. The summed E-state index contributed by atoms with van der Waals surface area (Å²) in [5.74, 6) is -0.329. The molecule has 0 saturated heterocycles. The Labute approximate surface area is 180 Å². The molecule has 144 valence electrons. The normalized spacial score (nSPS) is 13.1. The van der Waals surface area contributed by atoms with Crippen molar-refractivity contribution in [3.63, 3.8) is 0 Å². The van der Waals surface area contributed by atoms with Crippen molar-refractivity contribution in [3.8, 4) is 10.4 Å². The van der Waals surface area contributed by atoms with Gasteiger partial charge in [0, 0.05) is 25.7 Å². The number of ketones is 1. The van der Waals surface area contributed by atoms with Crippen LogP contribution in [0.5, 0.6) is 0 Å². The van der Waals surface area contributed by atoms with E-state index >= 15 is 0 Å². The Hall–Kier alpha value is -1.87. The maximum atomic E-state index is 13.4. The number of benzene rings is 2. The molecule has 0 radical (unpaired) electrons. The molecule has 28 heavy (non-hydrogen) atoms. The molecule has 0 spiro atoms. The van der Waals surface area contributed by atoms with Gasteiger partial charge in [0.1, 0.15) is 0 Å². The van der Waals surface area contributed by atoms with Gasteiger partial charge in [0.05, 0.1) is 5.92 Å². The topological polar surface area (TPSA) is 17.1 Å². The van der Waals surface area contributed by atoms with Gasteiger partial charge in [-0.05, 0) is 47.9 Å². The quantitative estimate of drug-likeness (QED) is 0.348. The second kappa shape index (κ2) is 9.09. The molecule has 3 aromatic rings. The fourth-order valence-corrected chi connectivity index (χ4v) is 4.89. The Morgan fingerprint density at radius 3 is 2.29 bits per heavy atom. The average Bonchev–Trinajstić information content (AvgIpc) is 3.16. The summed E-state index contributed by atoms with van der Waals surface area (Å²) in [5.41, 5.74) is 2.92. The Morgan fingerprint density at radius 1 is 1.04 bits per heavy atom. The van der Waals surface area contributed by atoms with Crippen molar-refractivity contribution in [3.05, 3.63) is 93.3 Å². The lowest BCUT2D eigenvalue weighted by atomic mass is 9.83. The van der Waals surface area contributed by atoms with Crippen molar-refractivity contribution in [2.24, 2.45) is 5.92 Å². The van der Waals surface area contributed by atoms with Crippen LogP contribution in [-0.2, 0) is 4.79 Å². The molecule has 1 heterocycles. The third-order valence-electron chi connectivity index (χ3n) is 4.97. The molecule has 2 unspecified atom stereocenters. The maximum absolute atomic E-state index is 13.4. The molecule has 0 aliphatic heterocycles. The first kappa shape index (κ1) is 20.9. The van der Waals surface area contributed by atoms with Crippen molar-refractivity contribution in [2.75, 3.05) is 0 Å². The van der Waals surface area contributed by atoms with Crippen LogP contribution in [0.2, 0.25) is 10.0 Å². The van der Waals surface area contributed by atoms with Crippen molar-refractivity contribution in [1.29, 1.82) is 0 Å². The molecular weight excluding hydrogens is 407 g/mol. The molecule has 1 aromatic heterocycles. The minimum atomic E-state index is -0.312. The van der Waals surface area contributed by atoms with Gasteiger partial charge in [-0.1, -0.05) is 79.5 Å². The average molecular weight is 429 g/mol. The first-order chi connectivity index (χ1) is 13.4. The van der Waals surface area contributed by atoms with Gasteiger partial charge in [0.25, 0.3) is 0 Å². The van der Waals surface area contributed by atoms with Gasteiger partial charge in [-0.2, -0.15) is 0 Å². The van der Waals surface area contributed by atoms with E-state index in [0.29, 0.717) is 10.0 Å². The second-order valence-electron chi connectivity index (χ2n) is 6.84. The Balaban J connectivity index is 2.03. The summed E-state index contributed by atoms with van der Waals surface area (Å²) in [4.78, 5) is 15.5. The first-order valence-electron chi connectivity index (χ1n) is 9.23. The molecule has 0 amide bonds. The molecular formula is C24H22Cl2OS. The van der Waals surface area contributed by atoms with Crippen molar-refractivity contribution < 1.29 is 4.79 Å². The summed E-state index contributed by atoms with van der Waals surface area (Å²) in [6, 6.07) is 19.5. The zero-order chi connectivity index (χ0) is 20.3. The first-order valence-corrected chi connectivity index (χ1v) is 10.8. The third-order valence-corrected chi connectivity index (χ3v) is 6.60. The van der Waals surface area contributed by atoms with Crippen LogP contribution in [0.3, 0.4) is 0 Å². The molecule has 0 bridgehead atoms. The summed E-state index contributed by atoms with van der Waals surface area (Å²) in [6.45, 7) is 8.08. The molecule has 0 aliphatic rings. The summed E-state index contributed by atoms with van der Waals surface area (Å²) >= 11 is 13.9. The lowest BCUT2D eigenvalue weighted by molar-refractivity contribution is -0.121. The van der Waals surface area contributed by atoms with E-state index in [2.05, 4.69) is 6.58 Å². The fourth-order valence-electron chi connectivity index (χ4n) is 3.23. The van der Waals surface area contributed by atoms with Gasteiger partial charge in [-0.25, -0.2) is 0 Å². The Morgan fingerprint density at radius 2 is 1.68 bits per heavy atom. The molecule has 4 heteroatoms. The molecule has 2 aromatic carbocycles. The minimum absolute atomic E-state index is 0.176. The Kier molecular flexibility index (Phi) is 6.77. The molecule has 0 saturated carbocycles. The van der Waals surface area contributed by atoms with Gasteiger partial charge in [-0.3, -0.25) is 4.79 Å². The van der Waals surface area contributed by atoms with Crippen LogP contribution in [0.15, 0.2) is 72.8 Å². The smallest absolute Gasteiger partial charge is 0.152 e. The largest absolute Gasteiger partial charge is 0.298 e. The highest BCUT2D eigenvalue weighted by Crippen LogP contribution is 2.39. The number of halogens is 2. The van der Waals surface area contributed by atoms with Crippen LogP contribution < -0.4 is 0 Å². The van der Waals surface area contributed by atoms with Gasteiger partial charge in [-0.15, -0.1) is 11.3 Å². The van der Waals surface area contributed by atoms with Gasteiger partial charge >= 0.3 is 0 Å². The molecule has 0 aliphatic carbocycles. The van der Waals surface area contributed by atoms with E-state index in [4.69, 9.17) is 23.2 Å². The summed E-state index contributed by atoms with van der Waals surface area (Å²) in [7, 11) is 0. The molecule has 2 atom stereocenters. The lowest BCUT2D eigenvalue weighted by Gasteiger charge is -2.20. The summed E-state index contributed by atoms with van der Waals surface area (Å²) < 4.78 is 0. The van der Waals surface area contributed by atoms with Gasteiger partial charge in [0.2, 0.25) is 0 Å². The van der Waals surface area contributed by atoms with E-state index in [-0.39, 0.29) is 17.6 Å². The van der Waals surface area contributed by atoms with Crippen molar-refractivity contribution in [2.45, 2.75) is 26.2 Å². The third kappa shape index (κ3) is 4.57. The molecule has 0 N–H and O–H groups in total. The number of hydrogen-bond donors (Lipinski definition) is 0. The van der Waals surface area contributed by atoms with E-state index in [0.717, 1.165) is 32.9 Å². The van der Waals surface area contributed by atoms with E-state index < -0.39 is 0 Å². The van der Waals surface area contributed by atoms with Crippen molar-refractivity contribution in [1.82, 2.24) is 0 Å². The van der Waals surface area contributed by atoms with Crippen LogP contribution in [0, 0.1) is 5.92 Å². The monoisotopic (exact) mass is 428 g/mol. The van der Waals surface area contributed by atoms with Gasteiger partial charge in [0.15, 0.2) is 5.78 Å². The van der Waals surface area contributed by atoms with E-state index in [1.54, 1.807) is 17.4 Å². The predicted octanol–water partition coefficient (Wildman–Crippen LogP) is 8.03. The Bertz CT molecular complexity index is 971. The van der Waals surface area contributed by atoms with E-state index in [1.807, 2.05) is 68.4 Å². The molecule has 3 rings (SSSR count). The lowest BCUT2D eigenvalue weighted by Crippen LogP contribution is -2.21. The molecule has 0 fully saturated rings. The van der Waals surface area contributed by atoms with Gasteiger partial charge < -0.3 is 0 Å². The van der Waals surface area contributed by atoms with Crippen LogP contribution in [-0.4, -0.2) is 5.78 Å². The number of thiophene rings is 1. The fraction of sp³-hybridized carbons (Fsp3) is 0.208. The van der Waals surface area contributed by atoms with Crippen LogP contribution in [0.25, 0.3) is 10.4 Å². The highest BCUT2D eigenvalue weighted by Gasteiger charge is 2.29. The minimum Gasteiger partial charge on any atom is -0.298 e. The van der Waals surface area contributed by atoms with Crippen LogP contribution in [0.4, 0.5) is 0 Å². The number of carbonyl (C=O) groups excluding carboxylic acids is 1. The predicted molar refractivity (Wildman–Crippen MR) is 122 cm³/mol. The van der Waals surface area contributed by atoms with Crippen LogP contribution >= 0.6 is 34.5 Å². The van der Waals surface area contributed by atoms with E-state index in [9.17, 15) is 4.79 Å². The second-order valence-corrected chi connectivity index (χ2v) is 8.83. The molecule has 1 nitrogen and oxygen atoms in total. The van der Waals surface area contributed by atoms with E-state index in [1.165, 1.54) is 0 Å². The number of allylic oxidation sites excluding steroid dienone is 1. The maximum Gasteiger partial charge on any atom is 0.152 e. The summed E-state index contributed by atoms with van der Waals surface area (Å²) in [6.07, 6.45) is 0.797. The SMILES string of the molecule is C=C(CC)C(C)C(=O)C(c1ccccc1)c1ccc(-c2cc(Cl)cc(Cl)c2)s1. The zero-order valence-electron chi connectivity index (χ0n) is 15.9. The van der Waals surface area contributed by atoms with Crippen LogP contribution in [0.1, 0.15) is 36.6 Å². The highest BCUT2D eigenvalue weighted by molar-refractivity contribution is 7.15. The van der Waals surface area contributed by atoms with Crippen molar-refractivity contribution >= 4 is 40.3 Å².